The van der Waals surface area contributed by atoms with E-state index in [0.29, 0.717) is 12.1 Å². The number of hydrogen-bond donors (Lipinski definition) is 1. The van der Waals surface area contributed by atoms with Crippen LogP contribution in [0.25, 0.3) is 0 Å². The van der Waals surface area contributed by atoms with E-state index in [2.05, 4.69) is 44.9 Å². The van der Waals surface area contributed by atoms with Crippen LogP contribution in [0.3, 0.4) is 0 Å². The third-order valence-corrected chi connectivity index (χ3v) is 4.74. The molecule has 0 spiro atoms. The van der Waals surface area contributed by atoms with Crippen LogP contribution in [0.1, 0.15) is 47.9 Å². The molecule has 1 aromatic rings. The Morgan fingerprint density at radius 1 is 1.00 bits per heavy atom. The smallest absolute Gasteiger partial charge is 0.0236 e. The maximum atomic E-state index is 5.99. The van der Waals surface area contributed by atoms with E-state index in [0.717, 1.165) is 6.54 Å². The summed E-state index contributed by atoms with van der Waals surface area (Å²) in [5.41, 5.74) is 11.7. The van der Waals surface area contributed by atoms with Gasteiger partial charge >= 0.3 is 0 Å². The second-order valence-corrected chi connectivity index (χ2v) is 6.35. The summed E-state index contributed by atoms with van der Waals surface area (Å²) >= 11 is 0. The van der Waals surface area contributed by atoms with Crippen molar-refractivity contribution in [2.45, 2.75) is 65.1 Å². The molecule has 2 heteroatoms. The minimum absolute atomic E-state index is 0.438. The summed E-state index contributed by atoms with van der Waals surface area (Å²) in [5, 5.41) is 0. The number of nitrogens with two attached hydrogens (primary N) is 1. The molecule has 1 aliphatic carbocycles. The van der Waals surface area contributed by atoms with E-state index in [1.54, 1.807) is 0 Å². The number of rotatable bonds is 3. The highest BCUT2D eigenvalue weighted by Crippen LogP contribution is 2.24. The molecule has 0 bridgehead atoms. The van der Waals surface area contributed by atoms with E-state index in [9.17, 15) is 0 Å². The average molecular weight is 260 g/mol. The van der Waals surface area contributed by atoms with Crippen LogP contribution in [0.5, 0.6) is 0 Å². The maximum absolute atomic E-state index is 5.99. The minimum atomic E-state index is 0.438. The van der Waals surface area contributed by atoms with Gasteiger partial charge in [0, 0.05) is 18.6 Å². The fraction of sp³-hybridized carbons (Fsp3) is 0.647. The first-order valence-corrected chi connectivity index (χ1v) is 7.50. The van der Waals surface area contributed by atoms with Crippen LogP contribution in [0.2, 0.25) is 0 Å². The summed E-state index contributed by atoms with van der Waals surface area (Å²) in [7, 11) is 2.26. The first-order valence-electron chi connectivity index (χ1n) is 7.50. The van der Waals surface area contributed by atoms with Crippen molar-refractivity contribution in [1.82, 2.24) is 4.90 Å². The van der Waals surface area contributed by atoms with Gasteiger partial charge < -0.3 is 5.73 Å². The van der Waals surface area contributed by atoms with Crippen molar-refractivity contribution >= 4 is 0 Å². The highest BCUT2D eigenvalue weighted by molar-refractivity contribution is 5.36. The lowest BCUT2D eigenvalue weighted by Gasteiger charge is -2.34. The molecule has 106 valence electrons. The Labute approximate surface area is 118 Å². The van der Waals surface area contributed by atoms with Gasteiger partial charge in [0.1, 0.15) is 0 Å². The summed E-state index contributed by atoms with van der Waals surface area (Å²) in [6.45, 7) is 7.69. The van der Waals surface area contributed by atoms with Gasteiger partial charge in [-0.3, -0.25) is 4.90 Å². The summed E-state index contributed by atoms with van der Waals surface area (Å²) < 4.78 is 0. The van der Waals surface area contributed by atoms with Crippen molar-refractivity contribution in [2.24, 2.45) is 5.73 Å². The summed E-state index contributed by atoms with van der Waals surface area (Å²) in [5.74, 6) is 0. The molecule has 0 atom stereocenters. The Hall–Kier alpha value is -0.860. The molecule has 0 saturated heterocycles. The van der Waals surface area contributed by atoms with Gasteiger partial charge in [0.25, 0.3) is 0 Å². The lowest BCUT2D eigenvalue weighted by atomic mass is 9.90. The molecule has 1 aromatic carbocycles. The zero-order valence-corrected chi connectivity index (χ0v) is 12.9. The van der Waals surface area contributed by atoms with E-state index >= 15 is 0 Å². The normalized spacial score (nSPS) is 23.9. The Kier molecular flexibility index (Phi) is 4.64. The molecule has 0 radical (unpaired) electrons. The number of benzene rings is 1. The van der Waals surface area contributed by atoms with Crippen molar-refractivity contribution in [1.29, 1.82) is 0 Å². The molecule has 0 aliphatic heterocycles. The van der Waals surface area contributed by atoms with Crippen molar-refractivity contribution in [2.75, 3.05) is 7.05 Å². The number of hydrogen-bond acceptors (Lipinski definition) is 2. The maximum Gasteiger partial charge on any atom is 0.0236 e. The van der Waals surface area contributed by atoms with E-state index in [1.165, 1.54) is 47.9 Å². The average Bonchev–Trinajstić information content (AvgIpc) is 2.36. The van der Waals surface area contributed by atoms with Gasteiger partial charge in [-0.15, -0.1) is 0 Å². The summed E-state index contributed by atoms with van der Waals surface area (Å²) in [6.07, 6.45) is 4.87. The van der Waals surface area contributed by atoms with Crippen molar-refractivity contribution < 1.29 is 0 Å². The van der Waals surface area contributed by atoms with Crippen molar-refractivity contribution in [3.63, 3.8) is 0 Å². The molecule has 2 rings (SSSR count). The van der Waals surface area contributed by atoms with Crippen LogP contribution in [-0.4, -0.2) is 24.0 Å². The number of nitrogens with zero attached hydrogens (tertiary/aromatic N) is 1. The van der Waals surface area contributed by atoms with Crippen LogP contribution in [0.4, 0.5) is 0 Å². The summed E-state index contributed by atoms with van der Waals surface area (Å²) in [4.78, 5) is 2.52. The predicted molar refractivity (Wildman–Crippen MR) is 82.4 cm³/mol. The molecule has 1 saturated carbocycles. The molecule has 1 aliphatic rings. The molecule has 0 unspecified atom stereocenters. The highest BCUT2D eigenvalue weighted by Gasteiger charge is 2.22. The molecule has 0 aromatic heterocycles. The quantitative estimate of drug-likeness (QED) is 0.903. The Morgan fingerprint density at radius 2 is 1.58 bits per heavy atom. The lowest BCUT2D eigenvalue weighted by molar-refractivity contribution is 0.176. The van der Waals surface area contributed by atoms with Crippen molar-refractivity contribution in [3.8, 4) is 0 Å². The molecule has 0 amide bonds. The lowest BCUT2D eigenvalue weighted by Crippen LogP contribution is -2.38. The van der Waals surface area contributed by atoms with Crippen LogP contribution in [0, 0.1) is 20.8 Å². The van der Waals surface area contributed by atoms with Gasteiger partial charge in [0.2, 0.25) is 0 Å². The zero-order chi connectivity index (χ0) is 14.0. The molecular formula is C17H28N2. The second kappa shape index (κ2) is 6.06. The standard InChI is InChI=1S/C17H28N2/c1-12-9-14(3)15(10-13(12)2)11-19(4)17-7-5-16(18)6-8-17/h9-10,16-17H,5-8,11,18H2,1-4H3. The van der Waals surface area contributed by atoms with E-state index < -0.39 is 0 Å². The Bertz CT molecular complexity index is 431. The number of aryl methyl sites for hydroxylation is 3. The van der Waals surface area contributed by atoms with Gasteiger partial charge in [-0.25, -0.2) is 0 Å². The molecule has 19 heavy (non-hydrogen) atoms. The fourth-order valence-corrected chi connectivity index (χ4v) is 3.13. The monoisotopic (exact) mass is 260 g/mol. The topological polar surface area (TPSA) is 29.3 Å². The summed E-state index contributed by atoms with van der Waals surface area (Å²) in [6, 6.07) is 5.82. The highest BCUT2D eigenvalue weighted by atomic mass is 15.1. The minimum Gasteiger partial charge on any atom is -0.328 e. The van der Waals surface area contributed by atoms with Crippen molar-refractivity contribution in [3.05, 3.63) is 34.4 Å². The van der Waals surface area contributed by atoms with Crippen LogP contribution >= 0.6 is 0 Å². The molecule has 2 nitrogen and oxygen atoms in total. The molecule has 0 heterocycles. The fourth-order valence-electron chi connectivity index (χ4n) is 3.13. The Balaban J connectivity index is 2.02. The predicted octanol–water partition coefficient (Wildman–Crippen LogP) is 3.31. The molecule has 1 fully saturated rings. The van der Waals surface area contributed by atoms with Gasteiger partial charge in [-0.2, -0.15) is 0 Å². The van der Waals surface area contributed by atoms with Gasteiger partial charge in [0.05, 0.1) is 0 Å². The third kappa shape index (κ3) is 3.58. The van der Waals surface area contributed by atoms with E-state index in [-0.39, 0.29) is 0 Å². The largest absolute Gasteiger partial charge is 0.328 e. The van der Waals surface area contributed by atoms with Gasteiger partial charge in [-0.1, -0.05) is 12.1 Å². The zero-order valence-electron chi connectivity index (χ0n) is 12.9. The third-order valence-electron chi connectivity index (χ3n) is 4.74. The van der Waals surface area contributed by atoms with Gasteiger partial charge in [-0.05, 0) is 75.8 Å². The SMILES string of the molecule is Cc1cc(C)c(CN(C)C2CCC(N)CC2)cc1C. The van der Waals surface area contributed by atoms with E-state index in [4.69, 9.17) is 5.73 Å². The van der Waals surface area contributed by atoms with E-state index in [1.807, 2.05) is 0 Å². The van der Waals surface area contributed by atoms with Crippen LogP contribution in [0.15, 0.2) is 12.1 Å². The van der Waals surface area contributed by atoms with Crippen LogP contribution in [-0.2, 0) is 6.54 Å². The second-order valence-electron chi connectivity index (χ2n) is 6.35. The van der Waals surface area contributed by atoms with Crippen LogP contribution < -0.4 is 5.73 Å². The first-order chi connectivity index (χ1) is 8.97. The van der Waals surface area contributed by atoms with Gasteiger partial charge in [0.15, 0.2) is 0 Å². The molecular weight excluding hydrogens is 232 g/mol. The molecule has 2 N–H and O–H groups in total. The Morgan fingerprint density at radius 3 is 2.21 bits per heavy atom. The first kappa shape index (κ1) is 14.5.